The predicted octanol–water partition coefficient (Wildman–Crippen LogP) is 4.70. The fourth-order valence-electron chi connectivity index (χ4n) is 2.51. The number of hydrogen-bond acceptors (Lipinski definition) is 6. The summed E-state index contributed by atoms with van der Waals surface area (Å²) in [6.45, 7) is 1.12. The number of nitrogens with one attached hydrogen (secondary N) is 1. The summed E-state index contributed by atoms with van der Waals surface area (Å²) < 4.78 is 11.1. The molecule has 0 radical (unpaired) electrons. The Balaban J connectivity index is 1.56. The second kappa shape index (κ2) is 6.74. The third kappa shape index (κ3) is 3.45. The molecule has 0 atom stereocenters. The number of halogens is 1. The molecule has 1 aromatic heterocycles. The molecule has 4 rings (SSSR count). The minimum atomic E-state index is -0.486. The standard InChI is InChI=1S/C18H13ClN2O3S/c19-17(22)12-2-1-3-13(8-12)20-18-21-14(10-25-18)11-4-5-15-16(9-11)24-7-6-23-15/h1-5,8-10H,6-7H2,(H,20,21). The van der Waals surface area contributed by atoms with Crippen molar-refractivity contribution in [3.8, 4) is 22.8 Å². The fraction of sp³-hybridized carbons (Fsp3) is 0.111. The molecule has 1 aliphatic heterocycles. The Hall–Kier alpha value is -2.57. The van der Waals surface area contributed by atoms with Crippen LogP contribution in [0.15, 0.2) is 47.8 Å². The van der Waals surface area contributed by atoms with Crippen LogP contribution in [0.4, 0.5) is 10.8 Å². The number of benzene rings is 2. The summed E-state index contributed by atoms with van der Waals surface area (Å²) in [7, 11) is 0. The highest BCUT2D eigenvalue weighted by atomic mass is 35.5. The predicted molar refractivity (Wildman–Crippen MR) is 98.4 cm³/mol. The van der Waals surface area contributed by atoms with Gasteiger partial charge < -0.3 is 14.8 Å². The normalized spacial score (nSPS) is 12.7. The summed E-state index contributed by atoms with van der Waals surface area (Å²) >= 11 is 7.00. The van der Waals surface area contributed by atoms with Crippen LogP contribution in [0.5, 0.6) is 11.5 Å². The zero-order chi connectivity index (χ0) is 17.2. The SMILES string of the molecule is O=C(Cl)c1cccc(Nc2nc(-c3ccc4c(c3)OCCO4)cs2)c1. The first-order chi connectivity index (χ1) is 12.2. The number of nitrogens with zero attached hydrogens (tertiary/aromatic N) is 1. The lowest BCUT2D eigenvalue weighted by atomic mass is 10.1. The molecule has 0 amide bonds. The van der Waals surface area contributed by atoms with E-state index in [-0.39, 0.29) is 0 Å². The van der Waals surface area contributed by atoms with E-state index < -0.39 is 5.24 Å². The number of fused-ring (bicyclic) bond motifs is 1. The van der Waals surface area contributed by atoms with Crippen LogP contribution in [0, 0.1) is 0 Å². The monoisotopic (exact) mass is 372 g/mol. The number of thiazole rings is 1. The fourth-order valence-corrected chi connectivity index (χ4v) is 3.37. The van der Waals surface area contributed by atoms with E-state index in [1.807, 2.05) is 29.6 Å². The number of hydrogen-bond donors (Lipinski definition) is 1. The Labute approximate surface area is 153 Å². The van der Waals surface area contributed by atoms with Gasteiger partial charge in [-0.2, -0.15) is 0 Å². The Morgan fingerprint density at radius 2 is 1.96 bits per heavy atom. The van der Waals surface area contributed by atoms with Gasteiger partial charge in [-0.3, -0.25) is 4.79 Å². The van der Waals surface area contributed by atoms with E-state index in [1.54, 1.807) is 18.2 Å². The highest BCUT2D eigenvalue weighted by Crippen LogP contribution is 2.35. The lowest BCUT2D eigenvalue weighted by Crippen LogP contribution is -2.15. The maximum atomic E-state index is 11.3. The van der Waals surface area contributed by atoms with Crippen molar-refractivity contribution in [2.75, 3.05) is 18.5 Å². The van der Waals surface area contributed by atoms with Gasteiger partial charge in [-0.15, -0.1) is 11.3 Å². The summed E-state index contributed by atoms with van der Waals surface area (Å²) in [6.07, 6.45) is 0. The molecule has 0 saturated heterocycles. The molecule has 126 valence electrons. The lowest BCUT2D eigenvalue weighted by molar-refractivity contribution is 0.108. The molecule has 0 spiro atoms. The van der Waals surface area contributed by atoms with E-state index in [9.17, 15) is 4.79 Å². The third-order valence-electron chi connectivity index (χ3n) is 3.68. The van der Waals surface area contributed by atoms with Gasteiger partial charge in [0, 0.05) is 22.2 Å². The van der Waals surface area contributed by atoms with Gasteiger partial charge in [-0.25, -0.2) is 4.98 Å². The van der Waals surface area contributed by atoms with E-state index in [1.165, 1.54) is 11.3 Å². The number of carbonyl (C=O) groups is 1. The Morgan fingerprint density at radius 1 is 1.12 bits per heavy atom. The van der Waals surface area contributed by atoms with Crippen LogP contribution in [0.2, 0.25) is 0 Å². The molecule has 7 heteroatoms. The molecule has 3 aromatic rings. The first-order valence-corrected chi connectivity index (χ1v) is 8.87. The number of anilines is 2. The summed E-state index contributed by atoms with van der Waals surface area (Å²) in [5, 5.41) is 5.39. The van der Waals surface area contributed by atoms with Crippen molar-refractivity contribution in [1.82, 2.24) is 4.98 Å². The van der Waals surface area contributed by atoms with E-state index in [0.29, 0.717) is 18.8 Å². The molecule has 2 heterocycles. The number of carbonyl (C=O) groups excluding carboxylic acids is 1. The van der Waals surface area contributed by atoms with Gasteiger partial charge in [-0.1, -0.05) is 6.07 Å². The third-order valence-corrected chi connectivity index (χ3v) is 4.66. The average Bonchev–Trinajstić information content (AvgIpc) is 3.10. The van der Waals surface area contributed by atoms with E-state index in [2.05, 4.69) is 10.3 Å². The van der Waals surface area contributed by atoms with Crippen molar-refractivity contribution >= 4 is 39.0 Å². The van der Waals surface area contributed by atoms with Crippen molar-refractivity contribution in [2.24, 2.45) is 0 Å². The van der Waals surface area contributed by atoms with Crippen molar-refractivity contribution in [1.29, 1.82) is 0 Å². The minimum Gasteiger partial charge on any atom is -0.486 e. The quantitative estimate of drug-likeness (QED) is 0.672. The van der Waals surface area contributed by atoms with E-state index in [4.69, 9.17) is 21.1 Å². The van der Waals surface area contributed by atoms with E-state index >= 15 is 0 Å². The number of ether oxygens (including phenoxy) is 2. The molecular formula is C18H13ClN2O3S. The molecule has 25 heavy (non-hydrogen) atoms. The molecule has 1 aliphatic rings. The zero-order valence-corrected chi connectivity index (χ0v) is 14.6. The van der Waals surface area contributed by atoms with Gasteiger partial charge in [0.05, 0.1) is 5.69 Å². The summed E-state index contributed by atoms with van der Waals surface area (Å²) in [5.74, 6) is 1.49. The summed E-state index contributed by atoms with van der Waals surface area (Å²) in [6, 6.07) is 12.8. The molecule has 1 N–H and O–H groups in total. The van der Waals surface area contributed by atoms with E-state index in [0.717, 1.165) is 33.6 Å². The van der Waals surface area contributed by atoms with Crippen LogP contribution < -0.4 is 14.8 Å². The molecule has 0 bridgehead atoms. The van der Waals surface area contributed by atoms with Crippen molar-refractivity contribution < 1.29 is 14.3 Å². The Bertz CT molecular complexity index is 942. The van der Waals surface area contributed by atoms with Crippen LogP contribution in [-0.2, 0) is 0 Å². The van der Waals surface area contributed by atoms with Crippen LogP contribution in [0.1, 0.15) is 10.4 Å². The van der Waals surface area contributed by atoms with Gasteiger partial charge in [0.2, 0.25) is 0 Å². The van der Waals surface area contributed by atoms with Gasteiger partial charge >= 0.3 is 0 Å². The second-order valence-electron chi connectivity index (χ2n) is 5.38. The molecule has 0 unspecified atom stereocenters. The van der Waals surface area contributed by atoms with Gasteiger partial charge in [0.25, 0.3) is 5.24 Å². The average molecular weight is 373 g/mol. The Morgan fingerprint density at radius 3 is 2.80 bits per heavy atom. The van der Waals surface area contributed by atoms with Crippen LogP contribution in [0.25, 0.3) is 11.3 Å². The Kier molecular flexibility index (Phi) is 4.29. The van der Waals surface area contributed by atoms with Crippen molar-refractivity contribution in [3.63, 3.8) is 0 Å². The van der Waals surface area contributed by atoms with Crippen LogP contribution in [-0.4, -0.2) is 23.4 Å². The van der Waals surface area contributed by atoms with Crippen molar-refractivity contribution in [2.45, 2.75) is 0 Å². The first-order valence-electron chi connectivity index (χ1n) is 7.61. The summed E-state index contributed by atoms with van der Waals surface area (Å²) in [4.78, 5) is 15.9. The number of aromatic nitrogens is 1. The molecule has 0 aliphatic carbocycles. The van der Waals surface area contributed by atoms with Crippen LogP contribution in [0.3, 0.4) is 0 Å². The zero-order valence-electron chi connectivity index (χ0n) is 13.0. The maximum Gasteiger partial charge on any atom is 0.252 e. The smallest absolute Gasteiger partial charge is 0.252 e. The van der Waals surface area contributed by atoms with Crippen molar-refractivity contribution in [3.05, 3.63) is 53.4 Å². The van der Waals surface area contributed by atoms with Crippen LogP contribution >= 0.6 is 22.9 Å². The first kappa shape index (κ1) is 15.9. The van der Waals surface area contributed by atoms with Gasteiger partial charge in [0.15, 0.2) is 16.6 Å². The lowest BCUT2D eigenvalue weighted by Gasteiger charge is -2.18. The highest BCUT2D eigenvalue weighted by molar-refractivity contribution is 7.14. The largest absolute Gasteiger partial charge is 0.486 e. The maximum absolute atomic E-state index is 11.3. The molecule has 2 aromatic carbocycles. The highest BCUT2D eigenvalue weighted by Gasteiger charge is 2.14. The van der Waals surface area contributed by atoms with Gasteiger partial charge in [0.1, 0.15) is 13.2 Å². The topological polar surface area (TPSA) is 60.5 Å². The molecular weight excluding hydrogens is 360 g/mol. The minimum absolute atomic E-state index is 0.440. The second-order valence-corrected chi connectivity index (χ2v) is 6.58. The number of rotatable bonds is 4. The van der Waals surface area contributed by atoms with Gasteiger partial charge in [-0.05, 0) is 48.0 Å². The molecule has 5 nitrogen and oxygen atoms in total. The molecule has 0 saturated carbocycles. The molecule has 0 fully saturated rings. The summed E-state index contributed by atoms with van der Waals surface area (Å²) in [5.41, 5.74) is 3.00.